The van der Waals surface area contributed by atoms with Crippen LogP contribution in [-0.2, 0) is 10.0 Å². The van der Waals surface area contributed by atoms with Gasteiger partial charge in [0.25, 0.3) is 0 Å². The summed E-state index contributed by atoms with van der Waals surface area (Å²) in [6.07, 6.45) is 8.02. The molecule has 0 radical (unpaired) electrons. The summed E-state index contributed by atoms with van der Waals surface area (Å²) in [5.41, 5.74) is 0. The van der Waals surface area contributed by atoms with Gasteiger partial charge in [-0.3, -0.25) is 0 Å². The molecule has 0 amide bonds. The van der Waals surface area contributed by atoms with Crippen molar-refractivity contribution in [3.05, 3.63) is 36.4 Å². The van der Waals surface area contributed by atoms with Crippen LogP contribution in [-0.4, -0.2) is 41.1 Å². The van der Waals surface area contributed by atoms with Crippen LogP contribution in [0.4, 0.5) is 0 Å². The number of rotatable bonds is 5. The molecule has 1 atom stereocenters. The topological polar surface area (TPSA) is 77.3 Å². The second-order valence-electron chi connectivity index (χ2n) is 6.98. The van der Waals surface area contributed by atoms with Gasteiger partial charge in [-0.25, -0.2) is 8.42 Å². The SMILES string of the molecule is COc1ccc(S(=O)(=O)N2CCCC2c2nncn2C2CCCC2)cc1. The Morgan fingerprint density at radius 2 is 1.81 bits per heavy atom. The van der Waals surface area contributed by atoms with Crippen molar-refractivity contribution < 1.29 is 13.2 Å². The molecule has 0 N–H and O–H groups in total. The Balaban J connectivity index is 1.65. The van der Waals surface area contributed by atoms with Crippen LogP contribution in [0.2, 0.25) is 0 Å². The third-order valence-electron chi connectivity index (χ3n) is 5.49. The van der Waals surface area contributed by atoms with E-state index in [2.05, 4.69) is 14.8 Å². The molecule has 8 heteroatoms. The number of aromatic nitrogens is 3. The van der Waals surface area contributed by atoms with Gasteiger partial charge in [-0.2, -0.15) is 4.31 Å². The maximum atomic E-state index is 13.2. The van der Waals surface area contributed by atoms with Crippen LogP contribution in [0.15, 0.2) is 35.5 Å². The Bertz CT molecular complexity index is 857. The van der Waals surface area contributed by atoms with Crippen molar-refractivity contribution >= 4 is 10.0 Å². The molecule has 0 spiro atoms. The molecular formula is C18H24N4O3S. The van der Waals surface area contributed by atoms with Crippen LogP contribution in [0.5, 0.6) is 5.75 Å². The average molecular weight is 376 g/mol. The van der Waals surface area contributed by atoms with E-state index >= 15 is 0 Å². The maximum Gasteiger partial charge on any atom is 0.243 e. The molecule has 140 valence electrons. The van der Waals surface area contributed by atoms with E-state index in [1.54, 1.807) is 42.0 Å². The highest BCUT2D eigenvalue weighted by Gasteiger charge is 2.39. The first kappa shape index (κ1) is 17.5. The van der Waals surface area contributed by atoms with Crippen LogP contribution >= 0.6 is 0 Å². The van der Waals surface area contributed by atoms with Crippen LogP contribution in [0.1, 0.15) is 56.4 Å². The predicted molar refractivity (Wildman–Crippen MR) is 96.4 cm³/mol. The zero-order chi connectivity index (χ0) is 18.1. The second-order valence-corrected chi connectivity index (χ2v) is 8.87. The third kappa shape index (κ3) is 3.01. The Labute approximate surface area is 154 Å². The van der Waals surface area contributed by atoms with Crippen molar-refractivity contribution in [2.45, 2.75) is 55.5 Å². The zero-order valence-electron chi connectivity index (χ0n) is 14.9. The minimum atomic E-state index is -3.58. The van der Waals surface area contributed by atoms with Gasteiger partial charge in [0.1, 0.15) is 12.1 Å². The summed E-state index contributed by atoms with van der Waals surface area (Å²) in [4.78, 5) is 0.289. The zero-order valence-corrected chi connectivity index (χ0v) is 15.7. The summed E-state index contributed by atoms with van der Waals surface area (Å²) >= 11 is 0. The molecule has 7 nitrogen and oxygen atoms in total. The first-order chi connectivity index (χ1) is 12.6. The molecular weight excluding hydrogens is 352 g/mol. The lowest BCUT2D eigenvalue weighted by Crippen LogP contribution is -2.32. The van der Waals surface area contributed by atoms with Gasteiger partial charge < -0.3 is 9.30 Å². The summed E-state index contributed by atoms with van der Waals surface area (Å²) in [7, 11) is -2.02. The summed E-state index contributed by atoms with van der Waals surface area (Å²) in [5, 5.41) is 8.41. The van der Waals surface area contributed by atoms with Gasteiger partial charge in [-0.15, -0.1) is 10.2 Å². The quantitative estimate of drug-likeness (QED) is 0.802. The molecule has 4 rings (SSSR count). The first-order valence-corrected chi connectivity index (χ1v) is 10.6. The van der Waals surface area contributed by atoms with Gasteiger partial charge >= 0.3 is 0 Å². The van der Waals surface area contributed by atoms with Crippen LogP contribution in [0, 0.1) is 0 Å². The molecule has 2 fully saturated rings. The molecule has 1 aromatic carbocycles. The monoisotopic (exact) mass is 376 g/mol. The number of hydrogen-bond acceptors (Lipinski definition) is 5. The van der Waals surface area contributed by atoms with Crippen molar-refractivity contribution in [1.82, 2.24) is 19.1 Å². The fourth-order valence-electron chi connectivity index (χ4n) is 4.12. The summed E-state index contributed by atoms with van der Waals surface area (Å²) in [6.45, 7) is 0.510. The Morgan fingerprint density at radius 3 is 2.50 bits per heavy atom. The van der Waals surface area contributed by atoms with Gasteiger partial charge in [0.05, 0.1) is 18.0 Å². The standard InChI is InChI=1S/C18H24N4O3S/c1-25-15-8-10-16(11-9-15)26(23,24)22-12-4-7-17(22)18-20-19-13-21(18)14-5-2-3-6-14/h8-11,13-14,17H,2-7,12H2,1H3. The van der Waals surface area contributed by atoms with E-state index in [9.17, 15) is 8.42 Å². The summed E-state index contributed by atoms with van der Waals surface area (Å²) < 4.78 is 35.2. The van der Waals surface area contributed by atoms with E-state index in [4.69, 9.17) is 4.74 Å². The lowest BCUT2D eigenvalue weighted by Gasteiger charge is -2.25. The van der Waals surface area contributed by atoms with Crippen molar-refractivity contribution in [1.29, 1.82) is 0 Å². The number of nitrogens with zero attached hydrogens (tertiary/aromatic N) is 4. The predicted octanol–water partition coefficient (Wildman–Crippen LogP) is 2.93. The third-order valence-corrected chi connectivity index (χ3v) is 7.41. The lowest BCUT2D eigenvalue weighted by atomic mass is 10.2. The molecule has 2 aromatic rings. The van der Waals surface area contributed by atoms with Crippen molar-refractivity contribution in [3.63, 3.8) is 0 Å². The van der Waals surface area contributed by atoms with E-state index in [0.29, 0.717) is 18.3 Å². The van der Waals surface area contributed by atoms with Gasteiger partial charge in [0.15, 0.2) is 5.82 Å². The van der Waals surface area contributed by atoms with Crippen LogP contribution < -0.4 is 4.74 Å². The molecule has 1 aromatic heterocycles. The smallest absolute Gasteiger partial charge is 0.243 e. The lowest BCUT2D eigenvalue weighted by molar-refractivity contribution is 0.359. The van der Waals surface area contributed by atoms with Gasteiger partial charge in [-0.05, 0) is 49.9 Å². The highest BCUT2D eigenvalue weighted by atomic mass is 32.2. The second kappa shape index (κ2) is 7.00. The van der Waals surface area contributed by atoms with Gasteiger partial charge in [0, 0.05) is 12.6 Å². The van der Waals surface area contributed by atoms with E-state index in [1.165, 1.54) is 12.8 Å². The number of hydrogen-bond donors (Lipinski definition) is 0. The van der Waals surface area contributed by atoms with Crippen molar-refractivity contribution in [3.8, 4) is 5.75 Å². The van der Waals surface area contributed by atoms with E-state index in [1.807, 2.05) is 0 Å². The molecule has 26 heavy (non-hydrogen) atoms. The Morgan fingerprint density at radius 1 is 1.08 bits per heavy atom. The number of methoxy groups -OCH3 is 1. The van der Waals surface area contributed by atoms with Crippen LogP contribution in [0.25, 0.3) is 0 Å². The highest BCUT2D eigenvalue weighted by Crippen LogP contribution is 2.38. The normalized spacial score (nSPS) is 22.1. The number of ether oxygens (including phenoxy) is 1. The molecule has 0 bridgehead atoms. The number of sulfonamides is 1. The largest absolute Gasteiger partial charge is 0.497 e. The van der Waals surface area contributed by atoms with Crippen LogP contribution in [0.3, 0.4) is 0 Å². The van der Waals surface area contributed by atoms with Crippen molar-refractivity contribution in [2.75, 3.05) is 13.7 Å². The maximum absolute atomic E-state index is 13.2. The highest BCUT2D eigenvalue weighted by molar-refractivity contribution is 7.89. The minimum Gasteiger partial charge on any atom is -0.497 e. The fourth-order valence-corrected chi connectivity index (χ4v) is 5.78. The van der Waals surface area contributed by atoms with Gasteiger partial charge in [-0.1, -0.05) is 12.8 Å². The minimum absolute atomic E-state index is 0.245. The van der Waals surface area contributed by atoms with Gasteiger partial charge in [0.2, 0.25) is 10.0 Å². The number of benzene rings is 1. The Kier molecular flexibility index (Phi) is 4.71. The molecule has 1 saturated heterocycles. The Hall–Kier alpha value is -1.93. The average Bonchev–Trinajstić information content (AvgIpc) is 3.41. The van der Waals surface area contributed by atoms with E-state index in [0.717, 1.165) is 31.5 Å². The molecule has 2 aliphatic rings. The summed E-state index contributed by atoms with van der Waals surface area (Å²) in [6, 6.07) is 6.71. The molecule has 1 aliphatic heterocycles. The molecule has 1 saturated carbocycles. The molecule has 1 unspecified atom stereocenters. The molecule has 1 aliphatic carbocycles. The molecule has 2 heterocycles. The van der Waals surface area contributed by atoms with E-state index in [-0.39, 0.29) is 10.9 Å². The summed E-state index contributed by atoms with van der Waals surface area (Å²) in [5.74, 6) is 1.43. The van der Waals surface area contributed by atoms with Crippen molar-refractivity contribution in [2.24, 2.45) is 0 Å². The first-order valence-electron chi connectivity index (χ1n) is 9.16. The van der Waals surface area contributed by atoms with E-state index < -0.39 is 10.0 Å². The fraction of sp³-hybridized carbons (Fsp3) is 0.556.